The summed E-state index contributed by atoms with van der Waals surface area (Å²) < 4.78 is 5.06. The van der Waals surface area contributed by atoms with Crippen molar-refractivity contribution in [3.05, 3.63) is 29.8 Å². The van der Waals surface area contributed by atoms with Gasteiger partial charge in [0.25, 0.3) is 5.91 Å². The Morgan fingerprint density at radius 2 is 1.91 bits per heavy atom. The molecule has 7 heteroatoms. The first kappa shape index (κ1) is 19.5. The predicted octanol–water partition coefficient (Wildman–Crippen LogP) is 1.84. The summed E-state index contributed by atoms with van der Waals surface area (Å²) >= 11 is 0. The van der Waals surface area contributed by atoms with E-state index in [2.05, 4.69) is 15.2 Å². The number of rotatable bonds is 5. The molecule has 0 saturated carbocycles. The van der Waals surface area contributed by atoms with Crippen molar-refractivity contribution >= 4 is 35.8 Å². The number of methoxy groups -OCH3 is 1. The number of benzene rings is 1. The van der Waals surface area contributed by atoms with Gasteiger partial charge in [0.1, 0.15) is 5.75 Å². The van der Waals surface area contributed by atoms with Crippen LogP contribution in [0.5, 0.6) is 5.75 Å². The van der Waals surface area contributed by atoms with Gasteiger partial charge in [0.2, 0.25) is 0 Å². The zero-order valence-corrected chi connectivity index (χ0v) is 15.8. The summed E-state index contributed by atoms with van der Waals surface area (Å²) in [6, 6.07) is 7.00. The molecule has 23 heavy (non-hydrogen) atoms. The third-order valence-electron chi connectivity index (χ3n) is 3.70. The second-order valence-electron chi connectivity index (χ2n) is 5.27. The zero-order chi connectivity index (χ0) is 15.8. The molecule has 1 amide bonds. The van der Waals surface area contributed by atoms with E-state index in [0.29, 0.717) is 24.6 Å². The van der Waals surface area contributed by atoms with Gasteiger partial charge < -0.3 is 20.7 Å². The summed E-state index contributed by atoms with van der Waals surface area (Å²) in [5.74, 6) is 1.20. The minimum absolute atomic E-state index is 0. The first-order valence-corrected chi connectivity index (χ1v) is 7.68. The van der Waals surface area contributed by atoms with Crippen molar-refractivity contribution in [2.24, 2.45) is 10.7 Å². The summed E-state index contributed by atoms with van der Waals surface area (Å²) in [4.78, 5) is 18.4. The van der Waals surface area contributed by atoms with Gasteiger partial charge in [0.15, 0.2) is 5.96 Å². The van der Waals surface area contributed by atoms with Gasteiger partial charge >= 0.3 is 0 Å². The van der Waals surface area contributed by atoms with Crippen LogP contribution in [0.4, 0.5) is 0 Å². The van der Waals surface area contributed by atoms with E-state index in [0.717, 1.165) is 18.8 Å². The molecule has 0 aliphatic carbocycles. The molecule has 0 unspecified atom stereocenters. The Labute approximate surface area is 154 Å². The number of ether oxygens (including phenoxy) is 1. The number of piperidine rings is 1. The highest BCUT2D eigenvalue weighted by atomic mass is 127. The Kier molecular flexibility index (Phi) is 8.75. The van der Waals surface area contributed by atoms with Gasteiger partial charge in [-0.3, -0.25) is 9.79 Å². The largest absolute Gasteiger partial charge is 0.497 e. The average Bonchev–Trinajstić information content (AvgIpc) is 2.59. The molecule has 0 spiro atoms. The molecule has 1 saturated heterocycles. The van der Waals surface area contributed by atoms with Crippen LogP contribution in [-0.2, 0) is 0 Å². The van der Waals surface area contributed by atoms with Crippen molar-refractivity contribution in [2.45, 2.75) is 19.3 Å². The van der Waals surface area contributed by atoms with E-state index in [1.807, 2.05) is 0 Å². The van der Waals surface area contributed by atoms with Crippen molar-refractivity contribution < 1.29 is 9.53 Å². The number of nitrogens with zero attached hydrogens (tertiary/aromatic N) is 2. The molecule has 3 N–H and O–H groups in total. The summed E-state index contributed by atoms with van der Waals surface area (Å²) in [6.45, 7) is 2.92. The predicted molar refractivity (Wildman–Crippen MR) is 103 cm³/mol. The number of hydrogen-bond donors (Lipinski definition) is 2. The number of carbonyl (C=O) groups excluding carboxylic acids is 1. The normalized spacial score (nSPS) is 14.8. The van der Waals surface area contributed by atoms with Gasteiger partial charge in [-0.15, -0.1) is 24.0 Å². The van der Waals surface area contributed by atoms with Gasteiger partial charge in [0.05, 0.1) is 13.7 Å². The average molecular weight is 432 g/mol. The molecule has 1 aromatic carbocycles. The van der Waals surface area contributed by atoms with Crippen LogP contribution in [0.3, 0.4) is 0 Å². The summed E-state index contributed by atoms with van der Waals surface area (Å²) in [5, 5.41) is 2.83. The molecule has 1 heterocycles. The Morgan fingerprint density at radius 3 is 2.52 bits per heavy atom. The number of amides is 1. The summed E-state index contributed by atoms with van der Waals surface area (Å²) in [7, 11) is 1.60. The maximum Gasteiger partial charge on any atom is 0.251 e. The molecule has 1 aliphatic heterocycles. The maximum absolute atomic E-state index is 11.9. The van der Waals surface area contributed by atoms with Crippen LogP contribution in [0, 0.1) is 0 Å². The Hall–Kier alpha value is -1.51. The minimum Gasteiger partial charge on any atom is -0.497 e. The fraction of sp³-hybridized carbons (Fsp3) is 0.500. The van der Waals surface area contributed by atoms with Crippen LogP contribution >= 0.6 is 24.0 Å². The van der Waals surface area contributed by atoms with Crippen LogP contribution in [0.25, 0.3) is 0 Å². The number of hydrogen-bond acceptors (Lipinski definition) is 3. The summed E-state index contributed by atoms with van der Waals surface area (Å²) in [5.41, 5.74) is 6.56. The van der Waals surface area contributed by atoms with Crippen molar-refractivity contribution in [3.8, 4) is 5.75 Å². The zero-order valence-electron chi connectivity index (χ0n) is 13.5. The highest BCUT2D eigenvalue weighted by Crippen LogP contribution is 2.11. The summed E-state index contributed by atoms with van der Waals surface area (Å²) in [6.07, 6.45) is 3.61. The number of aliphatic imine (C=N–C) groups is 1. The third kappa shape index (κ3) is 6.25. The van der Waals surface area contributed by atoms with Crippen molar-refractivity contribution in [1.82, 2.24) is 10.2 Å². The second kappa shape index (κ2) is 10.3. The van der Waals surface area contributed by atoms with E-state index in [-0.39, 0.29) is 29.9 Å². The van der Waals surface area contributed by atoms with Crippen molar-refractivity contribution in [1.29, 1.82) is 0 Å². The van der Waals surface area contributed by atoms with E-state index < -0.39 is 0 Å². The van der Waals surface area contributed by atoms with E-state index >= 15 is 0 Å². The number of nitrogens with one attached hydrogen (secondary N) is 1. The Morgan fingerprint density at radius 1 is 1.26 bits per heavy atom. The number of halogens is 1. The third-order valence-corrected chi connectivity index (χ3v) is 3.70. The van der Waals surface area contributed by atoms with Crippen LogP contribution in [0.2, 0.25) is 0 Å². The molecule has 0 radical (unpaired) electrons. The quantitative estimate of drug-likeness (QED) is 0.322. The van der Waals surface area contributed by atoms with Gasteiger partial charge in [-0.25, -0.2) is 0 Å². The highest BCUT2D eigenvalue weighted by molar-refractivity contribution is 14.0. The van der Waals surface area contributed by atoms with E-state index in [1.165, 1.54) is 19.3 Å². The van der Waals surface area contributed by atoms with Crippen LogP contribution < -0.4 is 15.8 Å². The molecule has 128 valence electrons. The van der Waals surface area contributed by atoms with Gasteiger partial charge in [-0.05, 0) is 43.5 Å². The molecule has 0 bridgehead atoms. The van der Waals surface area contributed by atoms with Crippen molar-refractivity contribution in [2.75, 3.05) is 33.3 Å². The Bertz CT molecular complexity index is 513. The molecule has 6 nitrogen and oxygen atoms in total. The Balaban J connectivity index is 0.00000264. The first-order chi connectivity index (χ1) is 10.7. The fourth-order valence-electron chi connectivity index (χ4n) is 2.41. The van der Waals surface area contributed by atoms with E-state index in [9.17, 15) is 4.79 Å². The lowest BCUT2D eigenvalue weighted by molar-refractivity contribution is 0.0954. The molecule has 1 fully saturated rings. The number of nitrogens with two attached hydrogens (primary N) is 1. The van der Waals surface area contributed by atoms with Crippen LogP contribution in [0.15, 0.2) is 29.3 Å². The van der Waals surface area contributed by atoms with Gasteiger partial charge in [0, 0.05) is 25.2 Å². The molecule has 1 aliphatic rings. The van der Waals surface area contributed by atoms with Crippen LogP contribution in [-0.4, -0.2) is 50.1 Å². The van der Waals surface area contributed by atoms with Crippen LogP contribution in [0.1, 0.15) is 29.6 Å². The monoisotopic (exact) mass is 432 g/mol. The van der Waals surface area contributed by atoms with E-state index in [4.69, 9.17) is 10.5 Å². The maximum atomic E-state index is 11.9. The minimum atomic E-state index is -0.116. The molecule has 0 aromatic heterocycles. The number of carbonyl (C=O) groups is 1. The lowest BCUT2D eigenvalue weighted by Crippen LogP contribution is -2.41. The first-order valence-electron chi connectivity index (χ1n) is 7.68. The number of guanidine groups is 1. The fourth-order valence-corrected chi connectivity index (χ4v) is 2.41. The second-order valence-corrected chi connectivity index (χ2v) is 5.27. The van der Waals surface area contributed by atoms with E-state index in [1.54, 1.807) is 31.4 Å². The smallest absolute Gasteiger partial charge is 0.251 e. The highest BCUT2D eigenvalue weighted by Gasteiger charge is 2.11. The lowest BCUT2D eigenvalue weighted by Gasteiger charge is -2.27. The SMILES string of the molecule is COc1ccc(C(=O)NCCN=C(N)N2CCCCC2)cc1.I. The van der Waals surface area contributed by atoms with Crippen molar-refractivity contribution in [3.63, 3.8) is 0 Å². The molecular weight excluding hydrogens is 407 g/mol. The topological polar surface area (TPSA) is 79.9 Å². The van der Waals surface area contributed by atoms with Gasteiger partial charge in [-0.2, -0.15) is 0 Å². The molecular formula is C16H25IN4O2. The van der Waals surface area contributed by atoms with Gasteiger partial charge in [-0.1, -0.05) is 0 Å². The lowest BCUT2D eigenvalue weighted by atomic mass is 10.1. The molecule has 0 atom stereocenters. The number of likely N-dealkylation sites (tertiary alicyclic amines) is 1. The molecule has 2 rings (SSSR count). The standard InChI is InChI=1S/C16H24N4O2.HI/c1-22-14-7-5-13(6-8-14)15(21)18-9-10-19-16(17)20-11-3-2-4-12-20;/h5-8H,2-4,9-12H2,1H3,(H2,17,19)(H,18,21);1H. The molecule has 1 aromatic rings.